The van der Waals surface area contributed by atoms with Crippen LogP contribution < -0.4 is 5.32 Å². The molecule has 0 saturated heterocycles. The van der Waals surface area contributed by atoms with Crippen molar-refractivity contribution in [3.8, 4) is 0 Å². The van der Waals surface area contributed by atoms with Gasteiger partial charge in [-0.15, -0.1) is 0 Å². The molecule has 16 heavy (non-hydrogen) atoms. The molecule has 0 bridgehead atoms. The third-order valence-corrected chi connectivity index (χ3v) is 3.06. The molecule has 4 nitrogen and oxygen atoms in total. The third kappa shape index (κ3) is 2.95. The maximum absolute atomic E-state index is 11.0. The van der Waals surface area contributed by atoms with E-state index in [1.54, 1.807) is 12.3 Å². The second-order valence-corrected chi connectivity index (χ2v) is 4.93. The zero-order valence-electron chi connectivity index (χ0n) is 8.74. The SMILES string of the molecule is O=C(O)c1cc(Br)cnc1NCCC1CC1. The summed E-state index contributed by atoms with van der Waals surface area (Å²) in [5.74, 6) is 0.329. The third-order valence-electron chi connectivity index (χ3n) is 2.63. The number of hydrogen-bond acceptors (Lipinski definition) is 3. The van der Waals surface area contributed by atoms with Gasteiger partial charge in [-0.2, -0.15) is 0 Å². The number of carboxylic acid groups (broad SMARTS) is 1. The number of anilines is 1. The molecule has 0 unspecified atom stereocenters. The Hall–Kier alpha value is -1.10. The minimum absolute atomic E-state index is 0.213. The van der Waals surface area contributed by atoms with Gasteiger partial charge in [0.25, 0.3) is 0 Å². The molecule has 0 aromatic carbocycles. The van der Waals surface area contributed by atoms with Gasteiger partial charge in [0, 0.05) is 17.2 Å². The number of carbonyl (C=O) groups is 1. The van der Waals surface area contributed by atoms with E-state index < -0.39 is 5.97 Å². The second-order valence-electron chi connectivity index (χ2n) is 4.01. The van der Waals surface area contributed by atoms with Crippen LogP contribution in [-0.2, 0) is 0 Å². The van der Waals surface area contributed by atoms with Crippen molar-refractivity contribution >= 4 is 27.7 Å². The van der Waals surface area contributed by atoms with Gasteiger partial charge in [-0.3, -0.25) is 0 Å². The topological polar surface area (TPSA) is 62.2 Å². The van der Waals surface area contributed by atoms with Gasteiger partial charge >= 0.3 is 5.97 Å². The molecule has 86 valence electrons. The van der Waals surface area contributed by atoms with Gasteiger partial charge in [0.05, 0.1) is 0 Å². The molecule has 1 saturated carbocycles. The smallest absolute Gasteiger partial charge is 0.339 e. The minimum atomic E-state index is -0.956. The average Bonchev–Trinajstić information content (AvgIpc) is 3.04. The van der Waals surface area contributed by atoms with E-state index in [9.17, 15) is 4.79 Å². The van der Waals surface area contributed by atoms with E-state index in [1.807, 2.05) is 0 Å². The van der Waals surface area contributed by atoms with Crippen LogP contribution in [0.2, 0.25) is 0 Å². The lowest BCUT2D eigenvalue weighted by molar-refractivity contribution is 0.0697. The normalized spacial score (nSPS) is 14.8. The highest BCUT2D eigenvalue weighted by Crippen LogP contribution is 2.32. The van der Waals surface area contributed by atoms with Gasteiger partial charge in [0.2, 0.25) is 0 Å². The van der Waals surface area contributed by atoms with E-state index in [1.165, 1.54) is 12.8 Å². The number of aromatic carboxylic acids is 1. The average molecular weight is 285 g/mol. The Morgan fingerprint density at radius 1 is 1.62 bits per heavy atom. The molecule has 0 spiro atoms. The summed E-state index contributed by atoms with van der Waals surface area (Å²) in [5.41, 5.74) is 0.213. The van der Waals surface area contributed by atoms with Crippen LogP contribution in [0, 0.1) is 5.92 Å². The molecule has 0 amide bonds. The molecule has 1 heterocycles. The quantitative estimate of drug-likeness (QED) is 0.873. The van der Waals surface area contributed by atoms with Gasteiger partial charge in [-0.1, -0.05) is 12.8 Å². The van der Waals surface area contributed by atoms with Crippen molar-refractivity contribution < 1.29 is 9.90 Å². The monoisotopic (exact) mass is 284 g/mol. The molecule has 5 heteroatoms. The lowest BCUT2D eigenvalue weighted by Crippen LogP contribution is -2.10. The highest BCUT2D eigenvalue weighted by atomic mass is 79.9. The van der Waals surface area contributed by atoms with Gasteiger partial charge in [0.1, 0.15) is 11.4 Å². The Morgan fingerprint density at radius 2 is 2.38 bits per heavy atom. The fourth-order valence-electron chi connectivity index (χ4n) is 1.54. The van der Waals surface area contributed by atoms with Crippen LogP contribution in [0.3, 0.4) is 0 Å². The molecule has 1 fully saturated rings. The fourth-order valence-corrected chi connectivity index (χ4v) is 1.88. The summed E-state index contributed by atoms with van der Waals surface area (Å²) in [4.78, 5) is 15.1. The predicted molar refractivity (Wildman–Crippen MR) is 64.7 cm³/mol. The van der Waals surface area contributed by atoms with E-state index in [2.05, 4.69) is 26.2 Å². The van der Waals surface area contributed by atoms with E-state index in [0.717, 1.165) is 18.9 Å². The zero-order chi connectivity index (χ0) is 11.5. The number of carboxylic acids is 1. The molecule has 1 aromatic heterocycles. The van der Waals surface area contributed by atoms with E-state index in [4.69, 9.17) is 5.11 Å². The van der Waals surface area contributed by atoms with Crippen LogP contribution in [0.5, 0.6) is 0 Å². The van der Waals surface area contributed by atoms with Crippen molar-refractivity contribution in [1.29, 1.82) is 0 Å². The first-order valence-electron chi connectivity index (χ1n) is 5.29. The predicted octanol–water partition coefficient (Wildman–Crippen LogP) is 2.75. The summed E-state index contributed by atoms with van der Waals surface area (Å²) >= 11 is 3.21. The van der Waals surface area contributed by atoms with Gasteiger partial charge in [0.15, 0.2) is 0 Å². The van der Waals surface area contributed by atoms with Crippen molar-refractivity contribution in [2.75, 3.05) is 11.9 Å². The van der Waals surface area contributed by atoms with Crippen molar-refractivity contribution in [2.24, 2.45) is 5.92 Å². The maximum Gasteiger partial charge on any atom is 0.339 e. The van der Waals surface area contributed by atoms with Gasteiger partial charge < -0.3 is 10.4 Å². The van der Waals surface area contributed by atoms with Gasteiger partial charge in [-0.25, -0.2) is 9.78 Å². The fraction of sp³-hybridized carbons (Fsp3) is 0.455. The lowest BCUT2D eigenvalue weighted by Gasteiger charge is -2.08. The van der Waals surface area contributed by atoms with Crippen molar-refractivity contribution in [3.63, 3.8) is 0 Å². The first-order chi connectivity index (χ1) is 7.66. The summed E-state index contributed by atoms with van der Waals surface area (Å²) in [6.45, 7) is 0.791. The van der Waals surface area contributed by atoms with E-state index in [-0.39, 0.29) is 5.56 Å². The number of hydrogen-bond donors (Lipinski definition) is 2. The molecular formula is C11H13BrN2O2. The molecule has 0 radical (unpaired) electrons. The van der Waals surface area contributed by atoms with Crippen LogP contribution in [-0.4, -0.2) is 22.6 Å². The first-order valence-corrected chi connectivity index (χ1v) is 6.09. The molecule has 1 aliphatic carbocycles. The Kier molecular flexibility index (Phi) is 3.43. The molecule has 0 atom stereocenters. The highest BCUT2D eigenvalue weighted by molar-refractivity contribution is 9.10. The molecule has 2 N–H and O–H groups in total. The summed E-state index contributed by atoms with van der Waals surface area (Å²) in [7, 11) is 0. The van der Waals surface area contributed by atoms with Crippen LogP contribution in [0.4, 0.5) is 5.82 Å². The lowest BCUT2D eigenvalue weighted by atomic mass is 10.2. The summed E-state index contributed by atoms with van der Waals surface area (Å²) in [5, 5.41) is 12.1. The first kappa shape index (κ1) is 11.4. The van der Waals surface area contributed by atoms with Crippen molar-refractivity contribution in [3.05, 3.63) is 22.3 Å². The standard InChI is InChI=1S/C11H13BrN2O2/c12-8-5-9(11(15)16)10(14-6-8)13-4-3-7-1-2-7/h5-7H,1-4H2,(H,13,14)(H,15,16). The number of rotatable bonds is 5. The Labute approximate surface area is 102 Å². The Balaban J connectivity index is 2.02. The largest absolute Gasteiger partial charge is 0.478 e. The second kappa shape index (κ2) is 4.82. The number of pyridine rings is 1. The molecule has 2 rings (SSSR count). The maximum atomic E-state index is 11.0. The van der Waals surface area contributed by atoms with Crippen molar-refractivity contribution in [1.82, 2.24) is 4.98 Å². The minimum Gasteiger partial charge on any atom is -0.478 e. The van der Waals surface area contributed by atoms with Crippen LogP contribution >= 0.6 is 15.9 Å². The molecule has 0 aliphatic heterocycles. The van der Waals surface area contributed by atoms with Crippen LogP contribution in [0.1, 0.15) is 29.6 Å². The van der Waals surface area contributed by atoms with Crippen LogP contribution in [0.15, 0.2) is 16.7 Å². The number of aromatic nitrogens is 1. The van der Waals surface area contributed by atoms with E-state index in [0.29, 0.717) is 10.3 Å². The van der Waals surface area contributed by atoms with Gasteiger partial charge in [-0.05, 0) is 34.3 Å². The Morgan fingerprint density at radius 3 is 3.00 bits per heavy atom. The number of halogens is 1. The van der Waals surface area contributed by atoms with E-state index >= 15 is 0 Å². The van der Waals surface area contributed by atoms with Crippen molar-refractivity contribution in [2.45, 2.75) is 19.3 Å². The summed E-state index contributed by atoms with van der Waals surface area (Å²) in [6.07, 6.45) is 5.31. The van der Waals surface area contributed by atoms with Crippen LogP contribution in [0.25, 0.3) is 0 Å². The summed E-state index contributed by atoms with van der Waals surface area (Å²) < 4.78 is 0.678. The molecular weight excluding hydrogens is 272 g/mol. The Bertz CT molecular complexity index is 405. The number of nitrogens with zero attached hydrogens (tertiary/aromatic N) is 1. The molecule has 1 aromatic rings. The number of nitrogens with one attached hydrogen (secondary N) is 1. The zero-order valence-corrected chi connectivity index (χ0v) is 10.3. The molecule has 1 aliphatic rings. The highest BCUT2D eigenvalue weighted by Gasteiger charge is 2.20. The summed E-state index contributed by atoms with van der Waals surface area (Å²) in [6, 6.07) is 1.56.